The first-order valence-corrected chi connectivity index (χ1v) is 6.77. The highest BCUT2D eigenvalue weighted by molar-refractivity contribution is 5.70. The summed E-state index contributed by atoms with van der Waals surface area (Å²) in [6, 6.07) is 19.9. The average Bonchev–Trinajstić information content (AvgIpc) is 2.48. The van der Waals surface area contributed by atoms with E-state index in [0.717, 1.165) is 11.1 Å². The molecule has 0 aliphatic carbocycles. The van der Waals surface area contributed by atoms with Crippen LogP contribution in [0.3, 0.4) is 0 Å². The van der Waals surface area contributed by atoms with Crippen molar-refractivity contribution in [3.63, 3.8) is 0 Å². The Morgan fingerprint density at radius 2 is 1.65 bits per heavy atom. The third-order valence-corrected chi connectivity index (χ3v) is 3.79. The Morgan fingerprint density at radius 3 is 2.30 bits per heavy atom. The molecule has 3 nitrogen and oxygen atoms in total. The van der Waals surface area contributed by atoms with Gasteiger partial charge in [-0.1, -0.05) is 60.7 Å². The smallest absolute Gasteiger partial charge is 0.408 e. The van der Waals surface area contributed by atoms with Crippen LogP contribution in [-0.4, -0.2) is 6.09 Å². The van der Waals surface area contributed by atoms with E-state index in [0.29, 0.717) is 6.42 Å². The maximum absolute atomic E-state index is 11.9. The van der Waals surface area contributed by atoms with Crippen LogP contribution in [0.4, 0.5) is 4.79 Å². The summed E-state index contributed by atoms with van der Waals surface area (Å²) >= 11 is 0. The second kappa shape index (κ2) is 5.00. The van der Waals surface area contributed by atoms with E-state index >= 15 is 0 Å². The van der Waals surface area contributed by atoms with E-state index < -0.39 is 5.60 Å². The second-order valence-corrected chi connectivity index (χ2v) is 5.30. The van der Waals surface area contributed by atoms with Crippen molar-refractivity contribution in [1.82, 2.24) is 5.32 Å². The van der Waals surface area contributed by atoms with Crippen molar-refractivity contribution in [2.45, 2.75) is 25.0 Å². The number of ether oxygens (including phenoxy) is 1. The van der Waals surface area contributed by atoms with Crippen molar-refractivity contribution >= 4 is 6.09 Å². The number of nitrogens with one attached hydrogen (secondary N) is 1. The molecule has 0 spiro atoms. The first-order chi connectivity index (χ1) is 9.67. The largest absolute Gasteiger partial charge is 0.438 e. The number of amides is 1. The van der Waals surface area contributed by atoms with Gasteiger partial charge in [-0.2, -0.15) is 0 Å². The second-order valence-electron chi connectivity index (χ2n) is 5.30. The standard InChI is InChI=1S/C17H17NO2/c1-17(14-10-6-3-7-11-14)12-15(18-16(19)20-17)13-8-4-2-5-9-13/h2-11,15H,12H2,1H3,(H,18,19). The highest BCUT2D eigenvalue weighted by atomic mass is 16.6. The van der Waals surface area contributed by atoms with Crippen LogP contribution in [0.15, 0.2) is 60.7 Å². The first kappa shape index (κ1) is 12.7. The summed E-state index contributed by atoms with van der Waals surface area (Å²) in [5, 5.41) is 2.90. The molecule has 1 heterocycles. The van der Waals surface area contributed by atoms with Crippen molar-refractivity contribution in [3.8, 4) is 0 Å². The molecular formula is C17H17NO2. The molecule has 2 unspecified atom stereocenters. The number of alkyl carbamates (subject to hydrolysis) is 1. The third-order valence-electron chi connectivity index (χ3n) is 3.79. The number of benzene rings is 2. The Morgan fingerprint density at radius 1 is 1.05 bits per heavy atom. The fraction of sp³-hybridized carbons (Fsp3) is 0.235. The maximum atomic E-state index is 11.9. The van der Waals surface area contributed by atoms with Crippen molar-refractivity contribution < 1.29 is 9.53 Å². The van der Waals surface area contributed by atoms with Crippen LogP contribution < -0.4 is 5.32 Å². The van der Waals surface area contributed by atoms with Crippen LogP contribution in [0, 0.1) is 0 Å². The van der Waals surface area contributed by atoms with Crippen LogP contribution in [0.25, 0.3) is 0 Å². The lowest BCUT2D eigenvalue weighted by Crippen LogP contribution is -2.45. The molecule has 3 heteroatoms. The van der Waals surface area contributed by atoms with Crippen molar-refractivity contribution in [1.29, 1.82) is 0 Å². The van der Waals surface area contributed by atoms with Gasteiger partial charge in [0.2, 0.25) is 0 Å². The molecule has 1 amide bonds. The van der Waals surface area contributed by atoms with Crippen LogP contribution in [0.1, 0.15) is 30.5 Å². The van der Waals surface area contributed by atoms with Crippen LogP contribution in [0.5, 0.6) is 0 Å². The molecule has 3 rings (SSSR count). The van der Waals surface area contributed by atoms with E-state index in [-0.39, 0.29) is 12.1 Å². The topological polar surface area (TPSA) is 38.3 Å². The Hall–Kier alpha value is -2.29. The van der Waals surface area contributed by atoms with E-state index in [4.69, 9.17) is 4.74 Å². The summed E-state index contributed by atoms with van der Waals surface area (Å²) in [4.78, 5) is 11.9. The number of carbonyl (C=O) groups excluding carboxylic acids is 1. The zero-order valence-electron chi connectivity index (χ0n) is 11.4. The van der Waals surface area contributed by atoms with Crippen molar-refractivity contribution in [3.05, 3.63) is 71.8 Å². The number of carbonyl (C=O) groups is 1. The lowest BCUT2D eigenvalue weighted by atomic mass is 9.85. The monoisotopic (exact) mass is 267 g/mol. The number of cyclic esters (lactones) is 1. The van der Waals surface area contributed by atoms with Gasteiger partial charge in [-0.05, 0) is 18.1 Å². The zero-order chi connectivity index (χ0) is 14.0. The van der Waals surface area contributed by atoms with E-state index in [1.54, 1.807) is 0 Å². The summed E-state index contributed by atoms with van der Waals surface area (Å²) in [7, 11) is 0. The maximum Gasteiger partial charge on any atom is 0.408 e. The molecule has 0 bridgehead atoms. The minimum Gasteiger partial charge on any atom is -0.438 e. The molecule has 1 fully saturated rings. The summed E-state index contributed by atoms with van der Waals surface area (Å²) in [6.07, 6.45) is 0.351. The summed E-state index contributed by atoms with van der Waals surface area (Å²) in [6.45, 7) is 1.97. The van der Waals surface area contributed by atoms with Gasteiger partial charge in [-0.15, -0.1) is 0 Å². The lowest BCUT2D eigenvalue weighted by Gasteiger charge is -2.38. The fourth-order valence-electron chi connectivity index (χ4n) is 2.71. The van der Waals surface area contributed by atoms with Gasteiger partial charge in [0.05, 0.1) is 6.04 Å². The van der Waals surface area contributed by atoms with Gasteiger partial charge in [0.15, 0.2) is 0 Å². The van der Waals surface area contributed by atoms with Crippen LogP contribution in [0.2, 0.25) is 0 Å². The highest BCUT2D eigenvalue weighted by Gasteiger charge is 2.39. The molecule has 0 saturated carbocycles. The molecular weight excluding hydrogens is 250 g/mol. The van der Waals surface area contributed by atoms with Gasteiger partial charge in [-0.3, -0.25) is 0 Å². The third kappa shape index (κ3) is 2.39. The van der Waals surface area contributed by atoms with E-state index in [9.17, 15) is 4.79 Å². The normalized spacial score (nSPS) is 25.6. The number of hydrogen-bond acceptors (Lipinski definition) is 2. The quantitative estimate of drug-likeness (QED) is 0.899. The van der Waals surface area contributed by atoms with Gasteiger partial charge in [-0.25, -0.2) is 4.79 Å². The molecule has 102 valence electrons. The Labute approximate surface area is 118 Å². The van der Waals surface area contributed by atoms with Crippen LogP contribution in [-0.2, 0) is 10.3 Å². The number of hydrogen-bond donors (Lipinski definition) is 1. The Balaban J connectivity index is 1.92. The van der Waals surface area contributed by atoms with Gasteiger partial charge < -0.3 is 10.1 Å². The molecule has 1 saturated heterocycles. The van der Waals surface area contributed by atoms with Gasteiger partial charge >= 0.3 is 6.09 Å². The van der Waals surface area contributed by atoms with Crippen LogP contribution >= 0.6 is 0 Å². The Kier molecular flexibility index (Phi) is 3.18. The summed E-state index contributed by atoms with van der Waals surface area (Å²) in [5.74, 6) is 0. The highest BCUT2D eigenvalue weighted by Crippen LogP contribution is 2.38. The fourth-order valence-corrected chi connectivity index (χ4v) is 2.71. The molecule has 0 radical (unpaired) electrons. The van der Waals surface area contributed by atoms with E-state index in [2.05, 4.69) is 5.32 Å². The molecule has 2 aromatic carbocycles. The summed E-state index contributed by atoms with van der Waals surface area (Å²) in [5.41, 5.74) is 1.53. The molecule has 0 aromatic heterocycles. The molecule has 20 heavy (non-hydrogen) atoms. The van der Waals surface area contributed by atoms with Gasteiger partial charge in [0.25, 0.3) is 0 Å². The van der Waals surface area contributed by atoms with E-state index in [1.165, 1.54) is 0 Å². The zero-order valence-corrected chi connectivity index (χ0v) is 11.4. The number of rotatable bonds is 2. The van der Waals surface area contributed by atoms with Gasteiger partial charge in [0, 0.05) is 6.42 Å². The molecule has 2 atom stereocenters. The van der Waals surface area contributed by atoms with Crippen molar-refractivity contribution in [2.24, 2.45) is 0 Å². The van der Waals surface area contributed by atoms with E-state index in [1.807, 2.05) is 67.6 Å². The predicted octanol–water partition coefficient (Wildman–Crippen LogP) is 3.77. The lowest BCUT2D eigenvalue weighted by molar-refractivity contribution is -0.0176. The summed E-state index contributed by atoms with van der Waals surface area (Å²) < 4.78 is 5.56. The SMILES string of the molecule is CC1(c2ccccc2)CC(c2ccccc2)NC(=O)O1. The molecule has 1 aliphatic rings. The molecule has 1 N–H and O–H groups in total. The Bertz CT molecular complexity index is 597. The van der Waals surface area contributed by atoms with Crippen molar-refractivity contribution in [2.75, 3.05) is 0 Å². The predicted molar refractivity (Wildman–Crippen MR) is 77.2 cm³/mol. The molecule has 1 aliphatic heterocycles. The average molecular weight is 267 g/mol. The minimum absolute atomic E-state index is 0.0253. The molecule has 2 aromatic rings. The minimum atomic E-state index is -0.593. The first-order valence-electron chi connectivity index (χ1n) is 6.77. The van der Waals surface area contributed by atoms with Gasteiger partial charge in [0.1, 0.15) is 5.60 Å².